The lowest BCUT2D eigenvalue weighted by atomic mass is 10.0. The van der Waals surface area contributed by atoms with Crippen LogP contribution in [0.5, 0.6) is 5.75 Å². The summed E-state index contributed by atoms with van der Waals surface area (Å²) >= 11 is 2.30. The van der Waals surface area contributed by atoms with Crippen molar-refractivity contribution in [3.8, 4) is 5.75 Å². The number of rotatable bonds is 4. The normalized spacial score (nSPS) is 15.9. The lowest BCUT2D eigenvalue weighted by Crippen LogP contribution is -2.20. The number of tetrazole rings is 1. The molecule has 0 saturated carbocycles. The molecule has 0 unspecified atom stereocenters. The Morgan fingerprint density at radius 2 is 1.96 bits per heavy atom. The Kier molecular flexibility index (Phi) is 4.39. The van der Waals surface area contributed by atoms with Crippen LogP contribution in [0.4, 0.5) is 5.95 Å². The molecule has 2 heterocycles. The van der Waals surface area contributed by atoms with E-state index in [0.717, 1.165) is 22.6 Å². The maximum atomic E-state index is 5.81. The molecular formula is C18H16IN5O. The van der Waals surface area contributed by atoms with Crippen LogP contribution in [0.2, 0.25) is 0 Å². The van der Waals surface area contributed by atoms with Crippen LogP contribution < -0.4 is 10.1 Å². The molecule has 0 fully saturated rings. The number of para-hydroxylation sites is 1. The van der Waals surface area contributed by atoms with Gasteiger partial charge < -0.3 is 10.1 Å². The summed E-state index contributed by atoms with van der Waals surface area (Å²) in [5.74, 6) is 1.46. The Bertz CT molecular complexity index is 919. The molecule has 0 aliphatic carbocycles. The molecule has 6 nitrogen and oxygen atoms in total. The molecule has 0 saturated heterocycles. The second-order valence-electron chi connectivity index (χ2n) is 5.57. The minimum Gasteiger partial charge on any atom is -0.494 e. The van der Waals surface area contributed by atoms with E-state index >= 15 is 0 Å². The molecule has 0 amide bonds. The van der Waals surface area contributed by atoms with E-state index in [4.69, 9.17) is 4.74 Å². The first-order chi connectivity index (χ1) is 12.3. The summed E-state index contributed by atoms with van der Waals surface area (Å²) in [6.07, 6.45) is 2.13. The summed E-state index contributed by atoms with van der Waals surface area (Å²) in [5.41, 5.74) is 3.10. The van der Waals surface area contributed by atoms with Crippen LogP contribution in [0.15, 0.2) is 54.6 Å². The predicted octanol–water partition coefficient (Wildman–Crippen LogP) is 3.73. The van der Waals surface area contributed by atoms with E-state index in [2.05, 4.69) is 79.8 Å². The summed E-state index contributed by atoms with van der Waals surface area (Å²) in [6, 6.07) is 16.2. The number of fused-ring (bicyclic) bond motifs is 1. The molecular weight excluding hydrogens is 429 g/mol. The van der Waals surface area contributed by atoms with Gasteiger partial charge in [-0.15, -0.1) is 0 Å². The zero-order chi connectivity index (χ0) is 17.2. The van der Waals surface area contributed by atoms with Crippen molar-refractivity contribution in [3.63, 3.8) is 0 Å². The summed E-state index contributed by atoms with van der Waals surface area (Å²) in [4.78, 5) is 0. The van der Waals surface area contributed by atoms with Crippen molar-refractivity contribution >= 4 is 34.2 Å². The average molecular weight is 445 g/mol. The van der Waals surface area contributed by atoms with Crippen LogP contribution in [0.25, 0.3) is 5.70 Å². The van der Waals surface area contributed by atoms with Gasteiger partial charge in [-0.05, 0) is 69.8 Å². The third-order valence-electron chi connectivity index (χ3n) is 4.02. The van der Waals surface area contributed by atoms with Crippen LogP contribution in [-0.2, 0) is 0 Å². The third kappa shape index (κ3) is 3.11. The van der Waals surface area contributed by atoms with E-state index in [1.807, 2.05) is 25.1 Å². The molecule has 0 bridgehead atoms. The Balaban J connectivity index is 1.81. The number of ether oxygens (including phenoxy) is 1. The number of allylic oxidation sites excluding steroid dienone is 1. The second kappa shape index (κ2) is 6.83. The van der Waals surface area contributed by atoms with Gasteiger partial charge in [0.05, 0.1) is 6.61 Å². The summed E-state index contributed by atoms with van der Waals surface area (Å²) < 4.78 is 8.77. The zero-order valence-corrected chi connectivity index (χ0v) is 15.7. The van der Waals surface area contributed by atoms with Gasteiger partial charge in [0, 0.05) is 14.8 Å². The van der Waals surface area contributed by atoms with Gasteiger partial charge in [-0.2, -0.15) is 4.68 Å². The number of halogens is 1. The van der Waals surface area contributed by atoms with Crippen molar-refractivity contribution in [1.82, 2.24) is 20.2 Å². The second-order valence-corrected chi connectivity index (χ2v) is 6.82. The van der Waals surface area contributed by atoms with E-state index in [1.165, 1.54) is 3.57 Å². The van der Waals surface area contributed by atoms with E-state index in [-0.39, 0.29) is 6.04 Å². The Morgan fingerprint density at radius 3 is 2.76 bits per heavy atom. The first-order valence-electron chi connectivity index (χ1n) is 8.00. The van der Waals surface area contributed by atoms with Gasteiger partial charge in [-0.1, -0.05) is 35.4 Å². The molecule has 2 aromatic carbocycles. The quantitative estimate of drug-likeness (QED) is 0.621. The van der Waals surface area contributed by atoms with Gasteiger partial charge in [-0.3, -0.25) is 0 Å². The highest BCUT2D eigenvalue weighted by Gasteiger charge is 2.26. The lowest BCUT2D eigenvalue weighted by Gasteiger charge is -2.24. The fourth-order valence-corrected chi connectivity index (χ4v) is 3.24. The van der Waals surface area contributed by atoms with Gasteiger partial charge in [-0.25, -0.2) is 0 Å². The van der Waals surface area contributed by atoms with Crippen LogP contribution in [-0.4, -0.2) is 26.8 Å². The molecule has 1 atom stereocenters. The first-order valence-corrected chi connectivity index (χ1v) is 9.08. The van der Waals surface area contributed by atoms with Gasteiger partial charge in [0.15, 0.2) is 0 Å². The lowest BCUT2D eigenvalue weighted by molar-refractivity contribution is 0.333. The van der Waals surface area contributed by atoms with Crippen LogP contribution >= 0.6 is 22.6 Å². The molecule has 1 N–H and O–H groups in total. The fourth-order valence-electron chi connectivity index (χ4n) is 2.89. The zero-order valence-electron chi connectivity index (χ0n) is 13.6. The highest BCUT2D eigenvalue weighted by molar-refractivity contribution is 14.1. The fraction of sp³-hybridized carbons (Fsp3) is 0.167. The Hall–Kier alpha value is -2.42. The molecule has 1 aromatic heterocycles. The van der Waals surface area contributed by atoms with Crippen molar-refractivity contribution in [2.24, 2.45) is 0 Å². The molecule has 0 radical (unpaired) electrons. The van der Waals surface area contributed by atoms with E-state index < -0.39 is 0 Å². The van der Waals surface area contributed by atoms with Crippen molar-refractivity contribution in [2.45, 2.75) is 13.0 Å². The van der Waals surface area contributed by atoms with Gasteiger partial charge >= 0.3 is 0 Å². The molecule has 25 heavy (non-hydrogen) atoms. The molecule has 7 heteroatoms. The molecule has 1 aliphatic heterocycles. The maximum absolute atomic E-state index is 5.81. The highest BCUT2D eigenvalue weighted by atomic mass is 127. The smallest absolute Gasteiger partial charge is 0.248 e. The van der Waals surface area contributed by atoms with Crippen molar-refractivity contribution in [2.75, 3.05) is 11.9 Å². The van der Waals surface area contributed by atoms with Gasteiger partial charge in [0.25, 0.3) is 0 Å². The highest BCUT2D eigenvalue weighted by Crippen LogP contribution is 2.35. The maximum Gasteiger partial charge on any atom is 0.248 e. The van der Waals surface area contributed by atoms with Gasteiger partial charge in [0.1, 0.15) is 11.8 Å². The minimum atomic E-state index is -0.136. The predicted molar refractivity (Wildman–Crippen MR) is 104 cm³/mol. The average Bonchev–Trinajstić information content (AvgIpc) is 3.11. The summed E-state index contributed by atoms with van der Waals surface area (Å²) in [6.45, 7) is 2.59. The first kappa shape index (κ1) is 16.1. The Labute approximate surface area is 159 Å². The van der Waals surface area contributed by atoms with Crippen LogP contribution in [0.1, 0.15) is 24.1 Å². The molecule has 126 valence electrons. The van der Waals surface area contributed by atoms with E-state index in [1.54, 1.807) is 4.68 Å². The van der Waals surface area contributed by atoms with Gasteiger partial charge in [0.2, 0.25) is 5.95 Å². The molecule has 1 aliphatic rings. The largest absolute Gasteiger partial charge is 0.494 e. The minimum absolute atomic E-state index is 0.136. The van der Waals surface area contributed by atoms with Crippen molar-refractivity contribution in [1.29, 1.82) is 0 Å². The number of anilines is 1. The van der Waals surface area contributed by atoms with Crippen molar-refractivity contribution in [3.05, 3.63) is 69.3 Å². The molecule has 4 rings (SSSR count). The number of aromatic nitrogens is 4. The third-order valence-corrected chi connectivity index (χ3v) is 4.74. The molecule has 3 aromatic rings. The number of hydrogen-bond acceptors (Lipinski definition) is 5. The van der Waals surface area contributed by atoms with E-state index in [9.17, 15) is 0 Å². The Morgan fingerprint density at radius 1 is 1.16 bits per heavy atom. The number of nitrogens with zero attached hydrogens (tertiary/aromatic N) is 4. The van der Waals surface area contributed by atoms with Crippen molar-refractivity contribution < 1.29 is 4.74 Å². The standard InChI is InChI=1S/C18H16IN5O/c1-2-25-17-6-4-3-5-14(17)16-11-15(12-7-9-13(19)10-8-12)20-18-21-22-23-24(16)18/h3-11,16H,2H2,1H3,(H,20,21,23)/t16-/m1/s1. The summed E-state index contributed by atoms with van der Waals surface area (Å²) in [7, 11) is 0. The molecule has 0 spiro atoms. The number of hydrogen-bond donors (Lipinski definition) is 1. The van der Waals surface area contributed by atoms with Crippen LogP contribution in [0.3, 0.4) is 0 Å². The van der Waals surface area contributed by atoms with Crippen LogP contribution in [0, 0.1) is 3.57 Å². The summed E-state index contributed by atoms with van der Waals surface area (Å²) in [5, 5.41) is 15.4. The van der Waals surface area contributed by atoms with E-state index in [0.29, 0.717) is 12.6 Å². The number of benzene rings is 2. The SMILES string of the molecule is CCOc1ccccc1[C@H]1C=C(c2ccc(I)cc2)Nc2nnnn21. The monoisotopic (exact) mass is 445 g/mol. The number of nitrogens with one attached hydrogen (secondary N) is 1. The topological polar surface area (TPSA) is 64.9 Å².